The zero-order valence-corrected chi connectivity index (χ0v) is 8.26. The van der Waals surface area contributed by atoms with Gasteiger partial charge in [-0.2, -0.15) is 0 Å². The van der Waals surface area contributed by atoms with Gasteiger partial charge in [0.25, 0.3) is 0 Å². The SMILES string of the molecule is Brc1ccc(C2CNCN2)cc1. The van der Waals surface area contributed by atoms with Crippen LogP contribution in [-0.2, 0) is 0 Å². The highest BCUT2D eigenvalue weighted by atomic mass is 79.9. The minimum atomic E-state index is 0.484. The Kier molecular flexibility index (Phi) is 2.44. The van der Waals surface area contributed by atoms with Crippen molar-refractivity contribution in [1.29, 1.82) is 0 Å². The lowest BCUT2D eigenvalue weighted by Crippen LogP contribution is -2.14. The molecular formula is C9H11BrN2. The van der Waals surface area contributed by atoms with E-state index in [0.717, 1.165) is 17.7 Å². The van der Waals surface area contributed by atoms with Gasteiger partial charge in [-0.25, -0.2) is 0 Å². The molecule has 1 atom stereocenters. The summed E-state index contributed by atoms with van der Waals surface area (Å²) in [6.45, 7) is 1.95. The molecule has 1 aliphatic rings. The lowest BCUT2D eigenvalue weighted by Gasteiger charge is -2.08. The van der Waals surface area contributed by atoms with E-state index in [1.54, 1.807) is 0 Å². The van der Waals surface area contributed by atoms with Crippen LogP contribution in [0.25, 0.3) is 0 Å². The van der Waals surface area contributed by atoms with Crippen molar-refractivity contribution in [3.63, 3.8) is 0 Å². The second kappa shape index (κ2) is 3.56. The lowest BCUT2D eigenvalue weighted by molar-refractivity contribution is 0.676. The van der Waals surface area contributed by atoms with Crippen LogP contribution in [0.3, 0.4) is 0 Å². The predicted octanol–water partition coefficient (Wildman–Crippen LogP) is 1.64. The van der Waals surface area contributed by atoms with Crippen molar-refractivity contribution in [2.45, 2.75) is 6.04 Å². The van der Waals surface area contributed by atoms with Crippen molar-refractivity contribution in [2.24, 2.45) is 0 Å². The monoisotopic (exact) mass is 226 g/mol. The Morgan fingerprint density at radius 1 is 1.25 bits per heavy atom. The second-order valence-electron chi connectivity index (χ2n) is 2.94. The quantitative estimate of drug-likeness (QED) is 0.762. The standard InChI is InChI=1S/C9H11BrN2/c10-8-3-1-7(2-4-8)9-5-11-6-12-9/h1-4,9,11-12H,5-6H2. The first-order valence-corrected chi connectivity index (χ1v) is 4.85. The molecule has 12 heavy (non-hydrogen) atoms. The van der Waals surface area contributed by atoms with Gasteiger partial charge in [0.05, 0.1) is 0 Å². The summed E-state index contributed by atoms with van der Waals surface area (Å²) < 4.78 is 1.14. The molecule has 1 unspecified atom stereocenters. The van der Waals surface area contributed by atoms with E-state index < -0.39 is 0 Å². The van der Waals surface area contributed by atoms with Crippen LogP contribution in [0.2, 0.25) is 0 Å². The Morgan fingerprint density at radius 2 is 2.00 bits per heavy atom. The molecule has 2 N–H and O–H groups in total. The van der Waals surface area contributed by atoms with Gasteiger partial charge in [0.2, 0.25) is 0 Å². The fourth-order valence-electron chi connectivity index (χ4n) is 1.41. The van der Waals surface area contributed by atoms with Gasteiger partial charge in [-0.05, 0) is 17.7 Å². The molecule has 1 saturated heterocycles. The van der Waals surface area contributed by atoms with Gasteiger partial charge < -0.3 is 5.32 Å². The first-order chi connectivity index (χ1) is 5.86. The minimum Gasteiger partial charge on any atom is -0.303 e. The van der Waals surface area contributed by atoms with Crippen LogP contribution in [0, 0.1) is 0 Å². The number of hydrogen-bond acceptors (Lipinski definition) is 2. The van der Waals surface area contributed by atoms with Crippen molar-refractivity contribution in [1.82, 2.24) is 10.6 Å². The van der Waals surface area contributed by atoms with E-state index >= 15 is 0 Å². The van der Waals surface area contributed by atoms with Crippen molar-refractivity contribution in [3.05, 3.63) is 34.3 Å². The molecule has 1 fully saturated rings. The number of halogens is 1. The first kappa shape index (κ1) is 8.23. The molecule has 1 heterocycles. The summed E-state index contributed by atoms with van der Waals surface area (Å²) in [5.41, 5.74) is 1.35. The molecule has 2 rings (SSSR count). The van der Waals surface area contributed by atoms with E-state index in [4.69, 9.17) is 0 Å². The Labute approximate surface area is 80.5 Å². The zero-order valence-electron chi connectivity index (χ0n) is 6.68. The molecule has 64 valence electrons. The predicted molar refractivity (Wildman–Crippen MR) is 52.9 cm³/mol. The maximum Gasteiger partial charge on any atom is 0.0460 e. The number of nitrogens with one attached hydrogen (secondary N) is 2. The van der Waals surface area contributed by atoms with Crippen molar-refractivity contribution < 1.29 is 0 Å². The van der Waals surface area contributed by atoms with Gasteiger partial charge in [0.15, 0.2) is 0 Å². The molecule has 1 aliphatic heterocycles. The van der Waals surface area contributed by atoms with Gasteiger partial charge in [-0.15, -0.1) is 0 Å². The molecule has 0 radical (unpaired) electrons. The third-order valence-electron chi connectivity index (χ3n) is 2.09. The molecule has 0 amide bonds. The van der Waals surface area contributed by atoms with Gasteiger partial charge in [0.1, 0.15) is 0 Å². The van der Waals surface area contributed by atoms with Gasteiger partial charge >= 0.3 is 0 Å². The molecule has 0 spiro atoms. The molecular weight excluding hydrogens is 216 g/mol. The van der Waals surface area contributed by atoms with E-state index in [0.29, 0.717) is 6.04 Å². The van der Waals surface area contributed by atoms with Gasteiger partial charge in [0, 0.05) is 23.7 Å². The van der Waals surface area contributed by atoms with Gasteiger partial charge in [-0.1, -0.05) is 28.1 Å². The molecule has 0 bridgehead atoms. The number of benzene rings is 1. The summed E-state index contributed by atoms with van der Waals surface area (Å²) >= 11 is 3.42. The van der Waals surface area contributed by atoms with Crippen LogP contribution in [0.4, 0.5) is 0 Å². The molecule has 2 nitrogen and oxygen atoms in total. The maximum absolute atomic E-state index is 3.42. The van der Waals surface area contributed by atoms with E-state index in [2.05, 4.69) is 50.8 Å². The summed E-state index contributed by atoms with van der Waals surface area (Å²) in [5.74, 6) is 0. The summed E-state index contributed by atoms with van der Waals surface area (Å²) in [5, 5.41) is 6.63. The van der Waals surface area contributed by atoms with Crippen LogP contribution in [0.15, 0.2) is 28.7 Å². The summed E-state index contributed by atoms with van der Waals surface area (Å²) in [6, 6.07) is 8.94. The summed E-state index contributed by atoms with van der Waals surface area (Å²) in [7, 11) is 0. The Balaban J connectivity index is 2.17. The second-order valence-corrected chi connectivity index (χ2v) is 3.85. The van der Waals surface area contributed by atoms with E-state index in [-0.39, 0.29) is 0 Å². The van der Waals surface area contributed by atoms with Crippen molar-refractivity contribution in [2.75, 3.05) is 13.2 Å². The lowest BCUT2D eigenvalue weighted by atomic mass is 10.1. The average molecular weight is 227 g/mol. The molecule has 1 aromatic carbocycles. The smallest absolute Gasteiger partial charge is 0.0460 e. The molecule has 1 aromatic rings. The molecule has 3 heteroatoms. The van der Waals surface area contributed by atoms with Crippen molar-refractivity contribution in [3.8, 4) is 0 Å². The van der Waals surface area contributed by atoms with E-state index in [1.807, 2.05) is 0 Å². The van der Waals surface area contributed by atoms with Crippen LogP contribution >= 0.6 is 15.9 Å². The van der Waals surface area contributed by atoms with E-state index in [9.17, 15) is 0 Å². The fourth-order valence-corrected chi connectivity index (χ4v) is 1.68. The highest BCUT2D eigenvalue weighted by Gasteiger charge is 2.14. The molecule has 0 aliphatic carbocycles. The third-order valence-corrected chi connectivity index (χ3v) is 2.62. The fraction of sp³-hybridized carbons (Fsp3) is 0.333. The Hall–Kier alpha value is -0.380. The topological polar surface area (TPSA) is 24.1 Å². The highest BCUT2D eigenvalue weighted by Crippen LogP contribution is 2.17. The third kappa shape index (κ3) is 1.68. The highest BCUT2D eigenvalue weighted by molar-refractivity contribution is 9.10. The van der Waals surface area contributed by atoms with Crippen LogP contribution in [-0.4, -0.2) is 13.2 Å². The average Bonchev–Trinajstić information content (AvgIpc) is 2.58. The zero-order chi connectivity index (χ0) is 8.39. The number of rotatable bonds is 1. The van der Waals surface area contributed by atoms with E-state index in [1.165, 1.54) is 5.56 Å². The Morgan fingerprint density at radius 3 is 2.58 bits per heavy atom. The maximum atomic E-state index is 3.42. The van der Waals surface area contributed by atoms with Gasteiger partial charge in [-0.3, -0.25) is 5.32 Å². The van der Waals surface area contributed by atoms with Crippen LogP contribution in [0.5, 0.6) is 0 Å². The first-order valence-electron chi connectivity index (χ1n) is 4.06. The molecule has 0 saturated carbocycles. The largest absolute Gasteiger partial charge is 0.303 e. The van der Waals surface area contributed by atoms with Crippen LogP contribution in [0.1, 0.15) is 11.6 Å². The summed E-state index contributed by atoms with van der Waals surface area (Å²) in [6.07, 6.45) is 0. The molecule has 0 aromatic heterocycles. The number of hydrogen-bond donors (Lipinski definition) is 2. The van der Waals surface area contributed by atoms with Crippen molar-refractivity contribution >= 4 is 15.9 Å². The Bertz CT molecular complexity index is 252. The summed E-state index contributed by atoms with van der Waals surface area (Å²) in [4.78, 5) is 0. The minimum absolute atomic E-state index is 0.484. The normalized spacial score (nSPS) is 22.9. The van der Waals surface area contributed by atoms with Crippen LogP contribution < -0.4 is 10.6 Å².